The average Bonchev–Trinajstić information content (AvgIpc) is 2.44. The van der Waals surface area contributed by atoms with Crippen LogP contribution in [-0.4, -0.2) is 13.1 Å². The molecule has 0 unspecified atom stereocenters. The van der Waals surface area contributed by atoms with Gasteiger partial charge in [0.25, 0.3) is 0 Å². The van der Waals surface area contributed by atoms with E-state index >= 15 is 0 Å². The maximum Gasteiger partial charge on any atom is 0.341 e. The first-order chi connectivity index (χ1) is 9.26. The molecule has 0 spiro atoms. The van der Waals surface area contributed by atoms with Crippen LogP contribution in [0.2, 0.25) is 0 Å². The van der Waals surface area contributed by atoms with Crippen LogP contribution in [0, 0.1) is 0 Å². The van der Waals surface area contributed by atoms with E-state index in [1.807, 2.05) is 13.0 Å². The van der Waals surface area contributed by atoms with Gasteiger partial charge in [-0.05, 0) is 25.3 Å². The zero-order valence-corrected chi connectivity index (χ0v) is 13.0. The highest BCUT2D eigenvalue weighted by Crippen LogP contribution is 2.13. The van der Waals surface area contributed by atoms with E-state index in [0.29, 0.717) is 5.57 Å². The number of esters is 1. The summed E-state index contributed by atoms with van der Waals surface area (Å²) in [5, 5.41) is 0. The minimum Gasteiger partial charge on any atom is -0.465 e. The Labute approximate surface area is 118 Å². The second-order valence-corrected chi connectivity index (χ2v) is 4.95. The summed E-state index contributed by atoms with van der Waals surface area (Å²) < 4.78 is 4.77. The van der Waals surface area contributed by atoms with Gasteiger partial charge in [0.15, 0.2) is 0 Å². The molecule has 0 atom stereocenters. The second-order valence-electron chi connectivity index (χ2n) is 4.95. The van der Waals surface area contributed by atoms with Crippen LogP contribution in [0.25, 0.3) is 0 Å². The number of rotatable bonds is 11. The van der Waals surface area contributed by atoms with E-state index in [9.17, 15) is 4.79 Å². The van der Waals surface area contributed by atoms with Gasteiger partial charge in [-0.1, -0.05) is 58.8 Å². The largest absolute Gasteiger partial charge is 0.465 e. The minimum atomic E-state index is -0.229. The molecule has 0 amide bonds. The van der Waals surface area contributed by atoms with Gasteiger partial charge in [0.1, 0.15) is 0 Å². The topological polar surface area (TPSA) is 26.3 Å². The summed E-state index contributed by atoms with van der Waals surface area (Å²) in [6.07, 6.45) is 13.8. The van der Waals surface area contributed by atoms with Crippen LogP contribution in [-0.2, 0) is 9.53 Å². The van der Waals surface area contributed by atoms with Crippen molar-refractivity contribution in [1.82, 2.24) is 0 Å². The molecule has 2 nitrogen and oxygen atoms in total. The SMILES string of the molecule is CCC=C=C(CCCCCCCCCC)C(=O)OC. The zero-order chi connectivity index (χ0) is 14.3. The summed E-state index contributed by atoms with van der Waals surface area (Å²) >= 11 is 0. The third kappa shape index (κ3) is 10.6. The molecule has 19 heavy (non-hydrogen) atoms. The Balaban J connectivity index is 3.77. The molecule has 0 aliphatic carbocycles. The van der Waals surface area contributed by atoms with Crippen LogP contribution in [0.15, 0.2) is 17.4 Å². The van der Waals surface area contributed by atoms with Crippen LogP contribution in [0.5, 0.6) is 0 Å². The van der Waals surface area contributed by atoms with Crippen molar-refractivity contribution in [3.05, 3.63) is 17.4 Å². The fourth-order valence-corrected chi connectivity index (χ4v) is 2.02. The number of unbranched alkanes of at least 4 members (excludes halogenated alkanes) is 7. The second kappa shape index (κ2) is 13.4. The Morgan fingerprint density at radius 2 is 1.58 bits per heavy atom. The van der Waals surface area contributed by atoms with E-state index in [4.69, 9.17) is 4.74 Å². The van der Waals surface area contributed by atoms with Crippen molar-refractivity contribution in [2.75, 3.05) is 7.11 Å². The Kier molecular flexibility index (Phi) is 12.7. The minimum absolute atomic E-state index is 0.229. The van der Waals surface area contributed by atoms with E-state index < -0.39 is 0 Å². The quantitative estimate of drug-likeness (QED) is 0.223. The summed E-state index contributed by atoms with van der Waals surface area (Å²) in [7, 11) is 1.43. The molecule has 0 aliphatic heterocycles. The van der Waals surface area contributed by atoms with Gasteiger partial charge in [-0.2, -0.15) is 0 Å². The molecule has 0 heterocycles. The van der Waals surface area contributed by atoms with E-state index in [2.05, 4.69) is 12.7 Å². The lowest BCUT2D eigenvalue weighted by Crippen LogP contribution is -2.03. The zero-order valence-electron chi connectivity index (χ0n) is 13.0. The number of hydrogen-bond donors (Lipinski definition) is 0. The highest BCUT2D eigenvalue weighted by Gasteiger charge is 2.07. The normalized spacial score (nSPS) is 9.84. The van der Waals surface area contributed by atoms with Gasteiger partial charge >= 0.3 is 5.97 Å². The number of methoxy groups -OCH3 is 1. The molecule has 0 aromatic carbocycles. The molecule has 0 aliphatic rings. The van der Waals surface area contributed by atoms with Gasteiger partial charge in [-0.15, -0.1) is 5.73 Å². The molecular formula is C17H30O2. The van der Waals surface area contributed by atoms with E-state index in [0.717, 1.165) is 19.3 Å². The van der Waals surface area contributed by atoms with Crippen LogP contribution in [0.3, 0.4) is 0 Å². The van der Waals surface area contributed by atoms with Crippen molar-refractivity contribution < 1.29 is 9.53 Å². The highest BCUT2D eigenvalue weighted by atomic mass is 16.5. The summed E-state index contributed by atoms with van der Waals surface area (Å²) in [5.41, 5.74) is 3.75. The van der Waals surface area contributed by atoms with E-state index in [-0.39, 0.29) is 5.97 Å². The van der Waals surface area contributed by atoms with Gasteiger partial charge in [0, 0.05) is 0 Å². The monoisotopic (exact) mass is 266 g/mol. The Hall–Kier alpha value is -1.01. The molecule has 0 saturated carbocycles. The van der Waals surface area contributed by atoms with Crippen LogP contribution >= 0.6 is 0 Å². The number of hydrogen-bond acceptors (Lipinski definition) is 2. The first-order valence-corrected chi connectivity index (χ1v) is 7.78. The lowest BCUT2D eigenvalue weighted by molar-refractivity contribution is -0.136. The molecule has 0 aromatic heterocycles. The van der Waals surface area contributed by atoms with Crippen molar-refractivity contribution in [2.24, 2.45) is 0 Å². The molecule has 0 N–H and O–H groups in total. The van der Waals surface area contributed by atoms with E-state index in [1.165, 1.54) is 52.1 Å². The summed E-state index contributed by atoms with van der Waals surface area (Å²) in [6, 6.07) is 0. The molecule has 0 saturated heterocycles. The fourth-order valence-electron chi connectivity index (χ4n) is 2.02. The predicted molar refractivity (Wildman–Crippen MR) is 81.1 cm³/mol. The molecular weight excluding hydrogens is 236 g/mol. The van der Waals surface area contributed by atoms with E-state index in [1.54, 1.807) is 0 Å². The Morgan fingerprint density at radius 3 is 2.11 bits per heavy atom. The van der Waals surface area contributed by atoms with Gasteiger partial charge in [-0.25, -0.2) is 4.79 Å². The first-order valence-electron chi connectivity index (χ1n) is 7.78. The van der Waals surface area contributed by atoms with Gasteiger partial charge in [-0.3, -0.25) is 0 Å². The standard InChI is InChI=1S/C17H30O2/c1-4-6-8-9-10-11-12-13-15-16(14-7-5-2)17(18)19-3/h7H,4-6,8-13,15H2,1-3H3. The lowest BCUT2D eigenvalue weighted by atomic mass is 10.0. The molecule has 2 heteroatoms. The molecule has 0 fully saturated rings. The summed E-state index contributed by atoms with van der Waals surface area (Å²) in [5.74, 6) is -0.229. The van der Waals surface area contributed by atoms with Crippen LogP contribution in [0.1, 0.15) is 78.1 Å². The van der Waals surface area contributed by atoms with Crippen molar-refractivity contribution >= 4 is 5.97 Å². The third-order valence-corrected chi connectivity index (χ3v) is 3.19. The molecule has 0 radical (unpaired) electrons. The van der Waals surface area contributed by atoms with Crippen LogP contribution < -0.4 is 0 Å². The van der Waals surface area contributed by atoms with Crippen molar-refractivity contribution in [3.8, 4) is 0 Å². The molecule has 110 valence electrons. The maximum atomic E-state index is 11.5. The van der Waals surface area contributed by atoms with Gasteiger partial charge in [0.2, 0.25) is 0 Å². The molecule has 0 rings (SSSR count). The van der Waals surface area contributed by atoms with Crippen LogP contribution in [0.4, 0.5) is 0 Å². The average molecular weight is 266 g/mol. The fraction of sp³-hybridized carbons (Fsp3) is 0.765. The Morgan fingerprint density at radius 1 is 1.00 bits per heavy atom. The third-order valence-electron chi connectivity index (χ3n) is 3.19. The number of carbonyl (C=O) groups is 1. The van der Waals surface area contributed by atoms with Crippen molar-refractivity contribution in [2.45, 2.75) is 78.1 Å². The van der Waals surface area contributed by atoms with Crippen molar-refractivity contribution in [3.63, 3.8) is 0 Å². The predicted octanol–water partition coefficient (Wildman–Crippen LogP) is 5.18. The molecule has 0 aromatic rings. The summed E-state index contributed by atoms with van der Waals surface area (Å²) in [4.78, 5) is 11.5. The molecule has 0 bridgehead atoms. The Bertz CT molecular complexity index is 286. The maximum absolute atomic E-state index is 11.5. The van der Waals surface area contributed by atoms with Crippen molar-refractivity contribution in [1.29, 1.82) is 0 Å². The first kappa shape index (κ1) is 18.0. The lowest BCUT2D eigenvalue weighted by Gasteiger charge is -2.03. The highest BCUT2D eigenvalue weighted by molar-refractivity contribution is 5.87. The smallest absolute Gasteiger partial charge is 0.341 e. The number of ether oxygens (including phenoxy) is 1. The van der Waals surface area contributed by atoms with Gasteiger partial charge < -0.3 is 4.74 Å². The number of carbonyl (C=O) groups excluding carboxylic acids is 1. The summed E-state index contributed by atoms with van der Waals surface area (Å²) in [6.45, 7) is 4.28. The van der Waals surface area contributed by atoms with Gasteiger partial charge in [0.05, 0.1) is 12.7 Å².